The van der Waals surface area contributed by atoms with Crippen molar-refractivity contribution < 1.29 is 9.84 Å². The summed E-state index contributed by atoms with van der Waals surface area (Å²) >= 11 is 0. The van der Waals surface area contributed by atoms with E-state index in [-0.39, 0.29) is 12.2 Å². The van der Waals surface area contributed by atoms with Gasteiger partial charge in [-0.05, 0) is 32.0 Å². The van der Waals surface area contributed by atoms with Crippen molar-refractivity contribution in [2.75, 3.05) is 19.7 Å². The first kappa shape index (κ1) is 22.5. The number of hydrogen-bond donors (Lipinski definition) is 4. The van der Waals surface area contributed by atoms with E-state index in [4.69, 9.17) is 15.6 Å². The Labute approximate surface area is 165 Å². The smallest absolute Gasteiger partial charge is 0.330 e. The van der Waals surface area contributed by atoms with E-state index in [0.29, 0.717) is 12.1 Å². The Hall–Kier alpha value is -1.74. The van der Waals surface area contributed by atoms with E-state index in [2.05, 4.69) is 10.3 Å². The number of rotatable bonds is 14. The van der Waals surface area contributed by atoms with E-state index in [9.17, 15) is 9.59 Å². The molecule has 2 heterocycles. The van der Waals surface area contributed by atoms with E-state index < -0.39 is 18.0 Å². The van der Waals surface area contributed by atoms with Crippen molar-refractivity contribution in [1.82, 2.24) is 14.9 Å². The molecule has 2 atom stereocenters. The number of nitrogens with two attached hydrogens (primary N) is 1. The Balaban J connectivity index is 1.69. The molecule has 2 rings (SSSR count). The highest BCUT2D eigenvalue weighted by Crippen LogP contribution is 2.18. The highest BCUT2D eigenvalue weighted by molar-refractivity contribution is 5.08. The highest BCUT2D eigenvalue weighted by Gasteiger charge is 2.21. The fraction of sp³-hybridized carbons (Fsp3) is 0.700. The minimum absolute atomic E-state index is 0.146. The first-order valence-corrected chi connectivity index (χ1v) is 10.4. The number of H-pyrrole nitrogens is 1. The van der Waals surface area contributed by atoms with Crippen LogP contribution in [-0.4, -0.2) is 40.5 Å². The van der Waals surface area contributed by atoms with Crippen LogP contribution in [0.4, 0.5) is 0 Å². The van der Waals surface area contributed by atoms with Crippen molar-refractivity contribution in [3.05, 3.63) is 44.8 Å². The molecule has 0 spiro atoms. The average Bonchev–Trinajstić information content (AvgIpc) is 3.16. The standard InChI is InChI=1S/C20H34N4O4/c21-11-7-5-3-1-2-4-6-8-12-22-13-16-14-24(20(27)23-19(16)26)18-10-9-17(15-25)28-18/h9-10,14,17-18,22,25H,1-8,11-13,15,21H2,(H,23,26,27)/t17-,18+/m1/s1. The van der Waals surface area contributed by atoms with Crippen LogP contribution in [0.1, 0.15) is 63.2 Å². The second kappa shape index (κ2) is 12.7. The molecular weight excluding hydrogens is 360 g/mol. The monoisotopic (exact) mass is 394 g/mol. The number of hydrogen-bond acceptors (Lipinski definition) is 6. The maximum atomic E-state index is 12.0. The maximum Gasteiger partial charge on any atom is 0.330 e. The molecule has 0 unspecified atom stereocenters. The lowest BCUT2D eigenvalue weighted by molar-refractivity contribution is -0.0104. The Morgan fingerprint density at radius 3 is 2.39 bits per heavy atom. The number of aromatic nitrogens is 2. The average molecular weight is 395 g/mol. The molecule has 5 N–H and O–H groups in total. The fourth-order valence-corrected chi connectivity index (χ4v) is 3.27. The molecule has 0 aromatic carbocycles. The summed E-state index contributed by atoms with van der Waals surface area (Å²) in [7, 11) is 0. The Bertz CT molecular complexity index is 713. The van der Waals surface area contributed by atoms with Gasteiger partial charge >= 0.3 is 5.69 Å². The van der Waals surface area contributed by atoms with Gasteiger partial charge in [0, 0.05) is 18.3 Å². The van der Waals surface area contributed by atoms with Crippen molar-refractivity contribution in [3.8, 4) is 0 Å². The maximum absolute atomic E-state index is 12.0. The van der Waals surface area contributed by atoms with Gasteiger partial charge in [0.15, 0.2) is 6.23 Å². The van der Waals surface area contributed by atoms with Crippen molar-refractivity contribution in [2.24, 2.45) is 5.73 Å². The molecule has 158 valence electrons. The van der Waals surface area contributed by atoms with Crippen LogP contribution < -0.4 is 22.3 Å². The topological polar surface area (TPSA) is 122 Å². The lowest BCUT2D eigenvalue weighted by atomic mass is 10.1. The summed E-state index contributed by atoms with van der Waals surface area (Å²) < 4.78 is 6.88. The van der Waals surface area contributed by atoms with Gasteiger partial charge < -0.3 is 20.9 Å². The van der Waals surface area contributed by atoms with Crippen LogP contribution in [0.2, 0.25) is 0 Å². The molecule has 1 aromatic rings. The molecule has 0 radical (unpaired) electrons. The molecule has 0 bridgehead atoms. The second-order valence-corrected chi connectivity index (χ2v) is 7.25. The van der Waals surface area contributed by atoms with Gasteiger partial charge in [-0.1, -0.05) is 44.6 Å². The van der Waals surface area contributed by atoms with Crippen LogP contribution in [0, 0.1) is 0 Å². The van der Waals surface area contributed by atoms with Crippen LogP contribution in [0.3, 0.4) is 0 Å². The van der Waals surface area contributed by atoms with Gasteiger partial charge in [-0.15, -0.1) is 0 Å². The molecule has 0 saturated carbocycles. The predicted molar refractivity (Wildman–Crippen MR) is 109 cm³/mol. The molecule has 1 aliphatic heterocycles. The summed E-state index contributed by atoms with van der Waals surface area (Å²) in [5, 5.41) is 12.4. The minimum atomic E-state index is -0.606. The van der Waals surface area contributed by atoms with Gasteiger partial charge in [-0.2, -0.15) is 0 Å². The van der Waals surface area contributed by atoms with Gasteiger partial charge in [-0.25, -0.2) is 4.79 Å². The van der Waals surface area contributed by atoms with E-state index in [0.717, 1.165) is 25.9 Å². The zero-order valence-corrected chi connectivity index (χ0v) is 16.6. The van der Waals surface area contributed by atoms with Crippen LogP contribution >= 0.6 is 0 Å². The zero-order valence-electron chi connectivity index (χ0n) is 16.6. The number of aromatic amines is 1. The number of aliphatic hydroxyl groups excluding tert-OH is 1. The number of unbranched alkanes of at least 4 members (excludes halogenated alkanes) is 7. The minimum Gasteiger partial charge on any atom is -0.393 e. The summed E-state index contributed by atoms with van der Waals surface area (Å²) in [4.78, 5) is 26.4. The second-order valence-electron chi connectivity index (χ2n) is 7.25. The molecular formula is C20H34N4O4. The Kier molecular flexibility index (Phi) is 10.2. The van der Waals surface area contributed by atoms with E-state index in [1.807, 2.05) is 0 Å². The molecule has 1 aliphatic rings. The molecule has 8 nitrogen and oxygen atoms in total. The van der Waals surface area contributed by atoms with Crippen molar-refractivity contribution in [3.63, 3.8) is 0 Å². The van der Waals surface area contributed by atoms with Crippen LogP contribution in [-0.2, 0) is 11.3 Å². The molecule has 1 aromatic heterocycles. The number of aliphatic hydroxyl groups is 1. The summed E-state index contributed by atoms with van der Waals surface area (Å²) in [5.41, 5.74) is 5.07. The van der Waals surface area contributed by atoms with E-state index in [1.165, 1.54) is 49.3 Å². The number of ether oxygens (including phenoxy) is 1. The van der Waals surface area contributed by atoms with Crippen LogP contribution in [0.15, 0.2) is 27.9 Å². The Morgan fingerprint density at radius 1 is 1.07 bits per heavy atom. The van der Waals surface area contributed by atoms with E-state index >= 15 is 0 Å². The fourth-order valence-electron chi connectivity index (χ4n) is 3.27. The number of nitrogens with one attached hydrogen (secondary N) is 2. The quantitative estimate of drug-likeness (QED) is 0.277. The lowest BCUT2D eigenvalue weighted by Crippen LogP contribution is -2.35. The largest absolute Gasteiger partial charge is 0.393 e. The van der Waals surface area contributed by atoms with Gasteiger partial charge in [0.25, 0.3) is 5.56 Å². The molecule has 0 amide bonds. The van der Waals surface area contributed by atoms with Crippen molar-refractivity contribution >= 4 is 0 Å². The highest BCUT2D eigenvalue weighted by atomic mass is 16.5. The SMILES string of the molecule is NCCCCCCCCCCNCc1cn([C@@H]2C=C[C@H](CO)O2)c(=O)[nH]c1=O. The van der Waals surface area contributed by atoms with Crippen molar-refractivity contribution in [2.45, 2.75) is 70.2 Å². The van der Waals surface area contributed by atoms with E-state index in [1.54, 1.807) is 12.2 Å². The lowest BCUT2D eigenvalue weighted by Gasteiger charge is -2.15. The third kappa shape index (κ3) is 7.35. The molecule has 8 heteroatoms. The molecule has 28 heavy (non-hydrogen) atoms. The Morgan fingerprint density at radius 2 is 1.75 bits per heavy atom. The third-order valence-electron chi connectivity index (χ3n) is 4.92. The van der Waals surface area contributed by atoms with Crippen LogP contribution in [0.25, 0.3) is 0 Å². The normalized spacial score (nSPS) is 18.8. The molecule has 0 fully saturated rings. The van der Waals surface area contributed by atoms with Gasteiger partial charge in [0.05, 0.1) is 6.61 Å². The van der Waals surface area contributed by atoms with Crippen LogP contribution in [0.5, 0.6) is 0 Å². The van der Waals surface area contributed by atoms with Gasteiger partial charge in [-0.3, -0.25) is 14.3 Å². The third-order valence-corrected chi connectivity index (χ3v) is 4.92. The summed E-state index contributed by atoms with van der Waals surface area (Å²) in [6.07, 6.45) is 13.5. The van der Waals surface area contributed by atoms with Crippen molar-refractivity contribution in [1.29, 1.82) is 0 Å². The van der Waals surface area contributed by atoms with Gasteiger partial charge in [0.1, 0.15) is 6.10 Å². The summed E-state index contributed by atoms with van der Waals surface area (Å²) in [6.45, 7) is 1.87. The summed E-state index contributed by atoms with van der Waals surface area (Å²) in [6, 6.07) is 0. The summed E-state index contributed by atoms with van der Waals surface area (Å²) in [5.74, 6) is 0. The molecule has 0 saturated heterocycles. The first-order chi connectivity index (χ1) is 13.7. The first-order valence-electron chi connectivity index (χ1n) is 10.4. The molecule has 0 aliphatic carbocycles. The number of nitrogens with zero attached hydrogens (tertiary/aromatic N) is 1. The van der Waals surface area contributed by atoms with Gasteiger partial charge in [0.2, 0.25) is 0 Å². The predicted octanol–water partition coefficient (Wildman–Crippen LogP) is 1.15. The zero-order chi connectivity index (χ0) is 20.2.